The maximum atomic E-state index is 13.6. The second-order valence-corrected chi connectivity index (χ2v) is 8.55. The molecule has 31 heavy (non-hydrogen) atoms. The van der Waals surface area contributed by atoms with Gasteiger partial charge in [0, 0.05) is 44.5 Å². The highest BCUT2D eigenvalue weighted by Crippen LogP contribution is 2.38. The summed E-state index contributed by atoms with van der Waals surface area (Å²) in [6.45, 7) is 7.56. The zero-order valence-electron chi connectivity index (χ0n) is 18.8. The van der Waals surface area contributed by atoms with Crippen LogP contribution in [0.4, 0.5) is 0 Å². The van der Waals surface area contributed by atoms with E-state index >= 15 is 0 Å². The van der Waals surface area contributed by atoms with E-state index in [1.54, 1.807) is 41.2 Å². The van der Waals surface area contributed by atoms with Crippen molar-refractivity contribution < 1.29 is 23.9 Å². The van der Waals surface area contributed by atoms with E-state index in [0.717, 1.165) is 0 Å². The van der Waals surface area contributed by atoms with Gasteiger partial charge in [-0.05, 0) is 30.2 Å². The Labute approximate surface area is 183 Å². The van der Waals surface area contributed by atoms with Gasteiger partial charge in [0.1, 0.15) is 17.5 Å². The molecule has 1 aromatic rings. The number of methoxy groups -OCH3 is 1. The largest absolute Gasteiger partial charge is 0.497 e. The first-order valence-corrected chi connectivity index (χ1v) is 11.0. The molecule has 0 saturated carbocycles. The lowest BCUT2D eigenvalue weighted by Crippen LogP contribution is -2.60. The van der Waals surface area contributed by atoms with Crippen molar-refractivity contribution in [3.8, 4) is 5.75 Å². The van der Waals surface area contributed by atoms with Crippen LogP contribution in [0.25, 0.3) is 0 Å². The molecule has 2 fully saturated rings. The van der Waals surface area contributed by atoms with Gasteiger partial charge in [-0.3, -0.25) is 19.3 Å². The summed E-state index contributed by atoms with van der Waals surface area (Å²) >= 11 is 0. The molecule has 1 atom stereocenters. The number of nitrogens with one attached hydrogen (secondary N) is 1. The van der Waals surface area contributed by atoms with E-state index in [0.29, 0.717) is 56.1 Å². The highest BCUT2D eigenvalue weighted by atomic mass is 16.5. The molecular weight excluding hydrogens is 398 g/mol. The average molecular weight is 432 g/mol. The number of carbonyl (C=O) groups excluding carboxylic acids is 3. The van der Waals surface area contributed by atoms with Crippen molar-refractivity contribution in [3.63, 3.8) is 0 Å². The van der Waals surface area contributed by atoms with Gasteiger partial charge in [0.2, 0.25) is 11.8 Å². The third kappa shape index (κ3) is 4.84. The van der Waals surface area contributed by atoms with Crippen molar-refractivity contribution in [2.45, 2.75) is 51.8 Å². The SMILES string of the molecule is CCC(=O)N1CCC2(CC1)OC[C@H](C(=O)NCC(C)C)N2C(=O)c1ccc(OC)cc1. The molecule has 0 aromatic heterocycles. The minimum atomic E-state index is -0.888. The van der Waals surface area contributed by atoms with Gasteiger partial charge in [-0.1, -0.05) is 20.8 Å². The highest BCUT2D eigenvalue weighted by Gasteiger charge is 2.54. The summed E-state index contributed by atoms with van der Waals surface area (Å²) in [7, 11) is 1.57. The van der Waals surface area contributed by atoms with Crippen molar-refractivity contribution in [3.05, 3.63) is 29.8 Å². The number of likely N-dealkylation sites (tertiary alicyclic amines) is 1. The minimum absolute atomic E-state index is 0.0899. The van der Waals surface area contributed by atoms with Crippen LogP contribution < -0.4 is 10.1 Å². The summed E-state index contributed by atoms with van der Waals surface area (Å²) in [4.78, 5) is 42.1. The molecule has 170 valence electrons. The molecule has 8 nitrogen and oxygen atoms in total. The quantitative estimate of drug-likeness (QED) is 0.745. The molecule has 2 heterocycles. The van der Waals surface area contributed by atoms with Crippen molar-refractivity contribution in [1.82, 2.24) is 15.1 Å². The number of nitrogens with zero attached hydrogens (tertiary/aromatic N) is 2. The average Bonchev–Trinajstić information content (AvgIpc) is 3.15. The predicted octanol–water partition coefficient (Wildman–Crippen LogP) is 2.04. The number of amides is 3. The van der Waals surface area contributed by atoms with Gasteiger partial charge in [-0.15, -0.1) is 0 Å². The maximum Gasteiger partial charge on any atom is 0.256 e. The second kappa shape index (κ2) is 9.68. The summed E-state index contributed by atoms with van der Waals surface area (Å²) in [5, 5.41) is 2.94. The van der Waals surface area contributed by atoms with Crippen molar-refractivity contribution in [2.75, 3.05) is 33.4 Å². The third-order valence-electron chi connectivity index (χ3n) is 6.00. The Bertz CT molecular complexity index is 800. The summed E-state index contributed by atoms with van der Waals surface area (Å²) in [5.41, 5.74) is -0.416. The summed E-state index contributed by atoms with van der Waals surface area (Å²) in [6, 6.07) is 6.15. The number of ether oxygens (including phenoxy) is 2. The molecule has 2 aliphatic rings. The number of piperidine rings is 1. The van der Waals surface area contributed by atoms with E-state index in [1.165, 1.54) is 0 Å². The van der Waals surface area contributed by atoms with Crippen LogP contribution in [0.1, 0.15) is 50.4 Å². The van der Waals surface area contributed by atoms with Crippen LogP contribution in [0.2, 0.25) is 0 Å². The van der Waals surface area contributed by atoms with Gasteiger partial charge in [0.15, 0.2) is 0 Å². The van der Waals surface area contributed by atoms with E-state index in [-0.39, 0.29) is 24.3 Å². The van der Waals surface area contributed by atoms with Gasteiger partial charge < -0.3 is 19.7 Å². The molecule has 0 aliphatic carbocycles. The molecule has 1 spiro atoms. The molecule has 1 aromatic carbocycles. The van der Waals surface area contributed by atoms with Gasteiger partial charge in [-0.2, -0.15) is 0 Å². The molecule has 0 bridgehead atoms. The van der Waals surface area contributed by atoms with Crippen LogP contribution in [0.15, 0.2) is 24.3 Å². The summed E-state index contributed by atoms with van der Waals surface area (Å²) < 4.78 is 11.4. The van der Waals surface area contributed by atoms with Crippen molar-refractivity contribution in [2.24, 2.45) is 5.92 Å². The summed E-state index contributed by atoms with van der Waals surface area (Å²) in [5.74, 6) is 0.586. The Morgan fingerprint density at radius 1 is 1.19 bits per heavy atom. The standard InChI is InChI=1S/C23H33N3O5/c1-5-20(27)25-12-10-23(11-13-25)26(19(15-31-23)21(28)24-14-16(2)3)22(29)17-6-8-18(30-4)9-7-17/h6-9,16,19H,5,10-15H2,1-4H3,(H,24,28)/t19-/m1/s1. The lowest BCUT2D eigenvalue weighted by atomic mass is 9.96. The van der Waals surface area contributed by atoms with Crippen LogP contribution >= 0.6 is 0 Å². The Kier molecular flexibility index (Phi) is 7.20. The van der Waals surface area contributed by atoms with E-state index in [1.807, 2.05) is 20.8 Å². The fraction of sp³-hybridized carbons (Fsp3) is 0.609. The van der Waals surface area contributed by atoms with E-state index < -0.39 is 11.8 Å². The van der Waals surface area contributed by atoms with Crippen LogP contribution in [-0.2, 0) is 14.3 Å². The van der Waals surface area contributed by atoms with Crippen LogP contribution in [0.5, 0.6) is 5.75 Å². The normalized spacial score (nSPS) is 20.2. The zero-order valence-corrected chi connectivity index (χ0v) is 18.8. The lowest BCUT2D eigenvalue weighted by molar-refractivity contribution is -0.143. The van der Waals surface area contributed by atoms with E-state index in [2.05, 4.69) is 5.32 Å². The Morgan fingerprint density at radius 2 is 1.84 bits per heavy atom. The van der Waals surface area contributed by atoms with Crippen LogP contribution in [-0.4, -0.2) is 72.6 Å². The smallest absolute Gasteiger partial charge is 0.256 e. The number of benzene rings is 1. The first-order valence-electron chi connectivity index (χ1n) is 11.0. The fourth-order valence-electron chi connectivity index (χ4n) is 4.19. The molecule has 2 saturated heterocycles. The number of hydrogen-bond acceptors (Lipinski definition) is 5. The maximum absolute atomic E-state index is 13.6. The first-order chi connectivity index (χ1) is 14.8. The monoisotopic (exact) mass is 431 g/mol. The highest BCUT2D eigenvalue weighted by molar-refractivity contribution is 5.98. The Hall–Kier alpha value is -2.61. The Balaban J connectivity index is 1.86. The number of rotatable bonds is 6. The third-order valence-corrected chi connectivity index (χ3v) is 6.00. The van der Waals surface area contributed by atoms with Crippen LogP contribution in [0.3, 0.4) is 0 Å². The van der Waals surface area contributed by atoms with Gasteiger partial charge in [0.05, 0.1) is 13.7 Å². The first kappa shape index (κ1) is 23.1. The topological polar surface area (TPSA) is 88.2 Å². The van der Waals surface area contributed by atoms with Gasteiger partial charge in [-0.25, -0.2) is 0 Å². The molecule has 0 radical (unpaired) electrons. The van der Waals surface area contributed by atoms with Crippen molar-refractivity contribution >= 4 is 17.7 Å². The molecule has 3 amide bonds. The van der Waals surface area contributed by atoms with Gasteiger partial charge in [0.25, 0.3) is 5.91 Å². The molecular formula is C23H33N3O5. The summed E-state index contributed by atoms with van der Waals surface area (Å²) in [6.07, 6.45) is 1.41. The number of hydrogen-bond donors (Lipinski definition) is 1. The Morgan fingerprint density at radius 3 is 2.39 bits per heavy atom. The molecule has 8 heteroatoms. The van der Waals surface area contributed by atoms with E-state index in [4.69, 9.17) is 9.47 Å². The van der Waals surface area contributed by atoms with E-state index in [9.17, 15) is 14.4 Å². The predicted molar refractivity (Wildman–Crippen MR) is 116 cm³/mol. The molecule has 1 N–H and O–H groups in total. The second-order valence-electron chi connectivity index (χ2n) is 8.55. The molecule has 3 rings (SSSR count). The molecule has 0 unspecified atom stereocenters. The molecule has 2 aliphatic heterocycles. The van der Waals surface area contributed by atoms with Gasteiger partial charge >= 0.3 is 0 Å². The number of carbonyl (C=O) groups is 3. The van der Waals surface area contributed by atoms with Crippen LogP contribution in [0, 0.1) is 5.92 Å². The van der Waals surface area contributed by atoms with Crippen molar-refractivity contribution in [1.29, 1.82) is 0 Å². The minimum Gasteiger partial charge on any atom is -0.497 e. The lowest BCUT2D eigenvalue weighted by Gasteiger charge is -2.44. The zero-order chi connectivity index (χ0) is 22.6. The fourth-order valence-corrected chi connectivity index (χ4v) is 4.19.